The number of aromatic amines is 1. The van der Waals surface area contributed by atoms with Gasteiger partial charge in [-0.3, -0.25) is 14.7 Å². The smallest absolute Gasteiger partial charge is 0.405 e. The predicted molar refractivity (Wildman–Crippen MR) is 135 cm³/mol. The second-order valence-corrected chi connectivity index (χ2v) is 8.83. The van der Waals surface area contributed by atoms with E-state index in [0.717, 1.165) is 6.07 Å². The van der Waals surface area contributed by atoms with E-state index in [1.165, 1.54) is 49.5 Å². The number of nitrogens with zero attached hydrogens (tertiary/aromatic N) is 1. The van der Waals surface area contributed by atoms with E-state index >= 15 is 0 Å². The van der Waals surface area contributed by atoms with Crippen molar-refractivity contribution in [2.75, 3.05) is 13.7 Å². The van der Waals surface area contributed by atoms with Crippen molar-refractivity contribution >= 4 is 34.3 Å². The van der Waals surface area contributed by atoms with Gasteiger partial charge in [0.25, 0.3) is 11.8 Å². The van der Waals surface area contributed by atoms with Gasteiger partial charge in [-0.05, 0) is 47.5 Å². The molecule has 4 aromatic rings. The van der Waals surface area contributed by atoms with Crippen LogP contribution in [-0.4, -0.2) is 53.2 Å². The number of aromatic nitrogens is 2. The predicted octanol–water partition coefficient (Wildman–Crippen LogP) is 4.61. The van der Waals surface area contributed by atoms with E-state index in [-0.39, 0.29) is 28.1 Å². The van der Waals surface area contributed by atoms with Crippen LogP contribution in [0.1, 0.15) is 26.4 Å². The second-order valence-electron chi connectivity index (χ2n) is 8.43. The molecule has 4 N–H and O–H groups in total. The lowest BCUT2D eigenvalue weighted by atomic mass is 10.00. The number of hydrogen-bond acceptors (Lipinski definition) is 5. The number of benzene rings is 3. The summed E-state index contributed by atoms with van der Waals surface area (Å²) < 4.78 is 57.6. The molecule has 2 amide bonds. The number of ether oxygens (including phenoxy) is 1. The van der Waals surface area contributed by atoms with Crippen LogP contribution in [0.5, 0.6) is 5.75 Å². The molecule has 0 aliphatic carbocycles. The first-order chi connectivity index (χ1) is 18.5. The Bertz CT molecular complexity index is 1540. The SMILES string of the molecule is CNC(=O)c1ccc(-c2ccc(OC(F)(F)F)c(C(=O)NC(CO)Cc3[nH]nc4cccc(F)c34)c2)cc1Cl. The Labute approximate surface area is 223 Å². The number of aliphatic hydroxyl groups is 1. The summed E-state index contributed by atoms with van der Waals surface area (Å²) in [6, 6.07) is 11.1. The minimum atomic E-state index is -5.09. The van der Waals surface area contributed by atoms with Gasteiger partial charge in [0.2, 0.25) is 0 Å². The van der Waals surface area contributed by atoms with Crippen molar-refractivity contribution in [2.45, 2.75) is 18.8 Å². The maximum atomic E-state index is 14.3. The number of nitrogens with one attached hydrogen (secondary N) is 3. The average Bonchev–Trinajstić information content (AvgIpc) is 3.31. The van der Waals surface area contributed by atoms with E-state index in [0.29, 0.717) is 16.6 Å². The number of alkyl halides is 3. The lowest BCUT2D eigenvalue weighted by molar-refractivity contribution is -0.274. The Balaban J connectivity index is 1.65. The van der Waals surface area contributed by atoms with Crippen LogP contribution in [-0.2, 0) is 6.42 Å². The van der Waals surface area contributed by atoms with Crippen LogP contribution in [0.4, 0.5) is 17.6 Å². The molecule has 204 valence electrons. The van der Waals surface area contributed by atoms with Crippen LogP contribution in [0, 0.1) is 5.82 Å². The number of amides is 2. The van der Waals surface area contributed by atoms with Crippen molar-refractivity contribution in [1.29, 1.82) is 0 Å². The van der Waals surface area contributed by atoms with Crippen LogP contribution in [0.15, 0.2) is 54.6 Å². The molecule has 0 bridgehead atoms. The summed E-state index contributed by atoms with van der Waals surface area (Å²) in [6.07, 6.45) is -5.18. The average molecular weight is 565 g/mol. The van der Waals surface area contributed by atoms with Gasteiger partial charge in [0, 0.05) is 19.2 Å². The summed E-state index contributed by atoms with van der Waals surface area (Å²) in [7, 11) is 1.43. The number of fused-ring (bicyclic) bond motifs is 1. The van der Waals surface area contributed by atoms with Crippen molar-refractivity contribution < 1.29 is 37.0 Å². The Kier molecular flexibility index (Phi) is 8.07. The summed E-state index contributed by atoms with van der Waals surface area (Å²) in [4.78, 5) is 25.1. The van der Waals surface area contributed by atoms with E-state index in [1.54, 1.807) is 6.07 Å². The van der Waals surface area contributed by atoms with Gasteiger partial charge in [0.05, 0.1) is 39.7 Å². The van der Waals surface area contributed by atoms with E-state index in [4.69, 9.17) is 11.6 Å². The number of carbonyl (C=O) groups excluding carboxylic acids is 2. The summed E-state index contributed by atoms with van der Waals surface area (Å²) in [5, 5.41) is 21.7. The third kappa shape index (κ3) is 6.29. The van der Waals surface area contributed by atoms with Gasteiger partial charge in [0.15, 0.2) is 0 Å². The highest BCUT2D eigenvalue weighted by molar-refractivity contribution is 6.34. The van der Waals surface area contributed by atoms with Crippen LogP contribution < -0.4 is 15.4 Å². The molecule has 0 saturated carbocycles. The maximum Gasteiger partial charge on any atom is 0.573 e. The maximum absolute atomic E-state index is 14.3. The molecule has 0 saturated heterocycles. The fourth-order valence-corrected chi connectivity index (χ4v) is 4.29. The first-order valence-corrected chi connectivity index (χ1v) is 11.8. The largest absolute Gasteiger partial charge is 0.573 e. The Morgan fingerprint density at radius 1 is 1.08 bits per heavy atom. The zero-order valence-electron chi connectivity index (χ0n) is 20.2. The molecule has 0 radical (unpaired) electrons. The van der Waals surface area contributed by atoms with E-state index in [1.807, 2.05) is 0 Å². The Hall–Kier alpha value is -4.16. The number of hydrogen-bond donors (Lipinski definition) is 4. The quantitative estimate of drug-likeness (QED) is 0.233. The van der Waals surface area contributed by atoms with Gasteiger partial charge in [0.1, 0.15) is 11.6 Å². The lowest BCUT2D eigenvalue weighted by Gasteiger charge is -2.19. The molecule has 0 fully saturated rings. The topological polar surface area (TPSA) is 116 Å². The number of rotatable bonds is 8. The highest BCUT2D eigenvalue weighted by Crippen LogP contribution is 2.32. The third-order valence-electron chi connectivity index (χ3n) is 5.83. The van der Waals surface area contributed by atoms with Gasteiger partial charge < -0.3 is 20.5 Å². The Morgan fingerprint density at radius 2 is 1.79 bits per heavy atom. The summed E-state index contributed by atoms with van der Waals surface area (Å²) >= 11 is 6.21. The molecule has 3 aromatic carbocycles. The second kappa shape index (κ2) is 11.3. The molecular weight excluding hydrogens is 544 g/mol. The minimum absolute atomic E-state index is 0.0906. The molecule has 8 nitrogen and oxygen atoms in total. The van der Waals surface area contributed by atoms with E-state index in [9.17, 15) is 32.3 Å². The molecule has 0 aliphatic rings. The fraction of sp³-hybridized carbons (Fsp3) is 0.192. The van der Waals surface area contributed by atoms with Crippen LogP contribution in [0.25, 0.3) is 22.0 Å². The highest BCUT2D eigenvalue weighted by atomic mass is 35.5. The summed E-state index contributed by atoms with van der Waals surface area (Å²) in [5.41, 5.74) is 1.05. The molecular formula is C26H21ClF4N4O4. The summed E-state index contributed by atoms with van der Waals surface area (Å²) in [6.45, 7) is -0.605. The minimum Gasteiger partial charge on any atom is -0.405 e. The lowest BCUT2D eigenvalue weighted by Crippen LogP contribution is -2.39. The normalized spacial score (nSPS) is 12.3. The van der Waals surface area contributed by atoms with Gasteiger partial charge in [-0.25, -0.2) is 4.39 Å². The molecule has 13 heteroatoms. The van der Waals surface area contributed by atoms with Crippen molar-refractivity contribution in [2.24, 2.45) is 0 Å². The number of halogens is 5. The number of carbonyl (C=O) groups is 2. The molecule has 0 aliphatic heterocycles. The van der Waals surface area contributed by atoms with Crippen LogP contribution in [0.2, 0.25) is 5.02 Å². The molecule has 1 unspecified atom stereocenters. The first-order valence-electron chi connectivity index (χ1n) is 11.5. The first kappa shape index (κ1) is 27.9. The summed E-state index contributed by atoms with van der Waals surface area (Å²) in [5.74, 6) is -2.74. The Morgan fingerprint density at radius 3 is 2.46 bits per heavy atom. The molecule has 1 heterocycles. The zero-order valence-corrected chi connectivity index (χ0v) is 21.0. The molecule has 1 aromatic heterocycles. The molecule has 4 rings (SSSR count). The van der Waals surface area contributed by atoms with E-state index in [2.05, 4.69) is 25.6 Å². The fourth-order valence-electron chi connectivity index (χ4n) is 4.02. The molecule has 39 heavy (non-hydrogen) atoms. The standard InChI is InChI=1S/C26H21ClF4N4O4/c1-32-24(37)16-7-5-14(10-18(16)27)13-6-8-22(39-26(29,30)31)17(9-13)25(38)33-15(12-36)11-21-23-19(28)3-2-4-20(23)34-35-21/h2-10,15,36H,11-12H2,1H3,(H,32,37)(H,33,38)(H,34,35). The molecule has 1 atom stereocenters. The highest BCUT2D eigenvalue weighted by Gasteiger charge is 2.33. The van der Waals surface area contributed by atoms with Crippen LogP contribution >= 0.6 is 11.6 Å². The van der Waals surface area contributed by atoms with Gasteiger partial charge in [-0.15, -0.1) is 13.2 Å². The zero-order chi connectivity index (χ0) is 28.3. The van der Waals surface area contributed by atoms with Crippen molar-refractivity contribution in [3.63, 3.8) is 0 Å². The number of aliphatic hydroxyl groups excluding tert-OH is 1. The van der Waals surface area contributed by atoms with Gasteiger partial charge in [-0.2, -0.15) is 5.10 Å². The van der Waals surface area contributed by atoms with Crippen molar-refractivity contribution in [3.05, 3.63) is 82.3 Å². The van der Waals surface area contributed by atoms with Crippen molar-refractivity contribution in [3.8, 4) is 16.9 Å². The number of H-pyrrole nitrogens is 1. The van der Waals surface area contributed by atoms with Crippen molar-refractivity contribution in [1.82, 2.24) is 20.8 Å². The van der Waals surface area contributed by atoms with Gasteiger partial charge in [-0.1, -0.05) is 29.8 Å². The van der Waals surface area contributed by atoms with Gasteiger partial charge >= 0.3 is 6.36 Å². The molecule has 0 spiro atoms. The van der Waals surface area contributed by atoms with E-state index < -0.39 is 48.0 Å². The van der Waals surface area contributed by atoms with Crippen LogP contribution in [0.3, 0.4) is 0 Å². The monoisotopic (exact) mass is 564 g/mol. The third-order valence-corrected chi connectivity index (χ3v) is 6.15.